The lowest BCUT2D eigenvalue weighted by Crippen LogP contribution is -2.60. The first-order valence-electron chi connectivity index (χ1n) is 8.22. The van der Waals surface area contributed by atoms with Gasteiger partial charge in [0.25, 0.3) is 5.91 Å². The second-order valence-electron chi connectivity index (χ2n) is 6.58. The number of amides is 1. The Morgan fingerprint density at radius 1 is 1.26 bits per heavy atom. The fourth-order valence-electron chi connectivity index (χ4n) is 3.80. The Hall–Kier alpha value is -1.46. The summed E-state index contributed by atoms with van der Waals surface area (Å²) in [5.41, 5.74) is 0.634. The molecule has 4 nitrogen and oxygen atoms in total. The molecule has 128 valence electrons. The lowest BCUT2D eigenvalue weighted by molar-refractivity contribution is -0.167. The van der Waals surface area contributed by atoms with E-state index in [2.05, 4.69) is 0 Å². The zero-order chi connectivity index (χ0) is 16.9. The lowest BCUT2D eigenvalue weighted by atomic mass is 9.76. The minimum absolute atomic E-state index is 0.0456. The molecule has 1 aliphatic carbocycles. The highest BCUT2D eigenvalue weighted by Crippen LogP contribution is 2.37. The van der Waals surface area contributed by atoms with Gasteiger partial charge in [-0.2, -0.15) is 0 Å². The molecule has 23 heavy (non-hydrogen) atoms. The molecule has 1 aromatic carbocycles. The number of hydrogen-bond acceptors (Lipinski definition) is 3. The second kappa shape index (κ2) is 7.88. The van der Waals surface area contributed by atoms with Gasteiger partial charge in [0.1, 0.15) is 12.4 Å². The minimum atomic E-state index is -0.300. The number of halogens is 1. The van der Waals surface area contributed by atoms with Gasteiger partial charge < -0.3 is 4.74 Å². The fraction of sp³-hybridized carbons (Fsp3) is 0.611. The number of hydrogen-bond donors (Lipinski definition) is 0. The first kappa shape index (κ1) is 17.9. The van der Waals surface area contributed by atoms with E-state index >= 15 is 0 Å². The molecule has 5 heteroatoms. The summed E-state index contributed by atoms with van der Waals surface area (Å²) in [4.78, 5) is 12.6. The van der Waals surface area contributed by atoms with Crippen molar-refractivity contribution in [2.45, 2.75) is 44.1 Å². The number of benzene rings is 1. The highest BCUT2D eigenvalue weighted by Gasteiger charge is 2.42. The van der Waals surface area contributed by atoms with Crippen LogP contribution in [0.5, 0.6) is 0 Å². The first-order valence-corrected chi connectivity index (χ1v) is 8.22. The van der Waals surface area contributed by atoms with Crippen LogP contribution in [0.1, 0.15) is 37.7 Å². The molecular formula is C18H27FN2O2. The molecule has 1 aliphatic rings. The predicted molar refractivity (Wildman–Crippen MR) is 88.3 cm³/mol. The third-order valence-electron chi connectivity index (χ3n) is 4.56. The Balaban J connectivity index is 2.34. The number of carbonyl (C=O) groups is 1. The Bertz CT molecular complexity index is 528. The SMILES string of the molecule is COCC(=O)N(N(C)C)C1(Cc2cccc(F)c2)CCCCC1. The monoisotopic (exact) mass is 322 g/mol. The van der Waals surface area contributed by atoms with Crippen molar-refractivity contribution in [1.29, 1.82) is 0 Å². The van der Waals surface area contributed by atoms with Crippen molar-refractivity contribution < 1.29 is 13.9 Å². The normalized spacial score (nSPS) is 17.3. The number of rotatable bonds is 6. The summed E-state index contributed by atoms with van der Waals surface area (Å²) in [5, 5.41) is 3.69. The van der Waals surface area contributed by atoms with Gasteiger partial charge in [0, 0.05) is 21.2 Å². The summed E-state index contributed by atoms with van der Waals surface area (Å²) in [5.74, 6) is -0.274. The maximum Gasteiger partial charge on any atom is 0.263 e. The molecule has 0 aromatic heterocycles. The molecule has 0 bridgehead atoms. The standard InChI is InChI=1S/C18H27FN2O2/c1-20(2)21(17(22)14-23-3)18(10-5-4-6-11-18)13-15-8-7-9-16(19)12-15/h7-9,12H,4-6,10-11,13-14H2,1-3H3. The molecule has 0 spiro atoms. The smallest absolute Gasteiger partial charge is 0.263 e. The van der Waals surface area contributed by atoms with Gasteiger partial charge in [0.15, 0.2) is 0 Å². The average molecular weight is 322 g/mol. The van der Waals surface area contributed by atoms with Gasteiger partial charge in [-0.25, -0.2) is 9.40 Å². The Kier molecular flexibility index (Phi) is 6.13. The molecule has 0 unspecified atom stereocenters. The number of nitrogens with zero attached hydrogens (tertiary/aromatic N) is 2. The van der Waals surface area contributed by atoms with E-state index in [1.165, 1.54) is 19.6 Å². The Morgan fingerprint density at radius 2 is 1.96 bits per heavy atom. The van der Waals surface area contributed by atoms with Crippen LogP contribution < -0.4 is 0 Å². The third kappa shape index (κ3) is 4.30. The van der Waals surface area contributed by atoms with Crippen molar-refractivity contribution in [1.82, 2.24) is 10.0 Å². The molecule has 2 rings (SSSR count). The molecule has 1 fully saturated rings. The summed E-state index contributed by atoms with van der Waals surface area (Å²) in [6.45, 7) is 0.0586. The largest absolute Gasteiger partial charge is 0.375 e. The van der Waals surface area contributed by atoms with Crippen molar-refractivity contribution in [2.24, 2.45) is 0 Å². The molecule has 0 aliphatic heterocycles. The molecule has 0 N–H and O–H groups in total. The van der Waals surface area contributed by atoms with Gasteiger partial charge in [0.05, 0.1) is 5.54 Å². The Labute approximate surface area is 138 Å². The van der Waals surface area contributed by atoms with E-state index in [4.69, 9.17) is 4.74 Å². The summed E-state index contributed by atoms with van der Waals surface area (Å²) < 4.78 is 18.6. The van der Waals surface area contributed by atoms with Crippen LogP contribution in [-0.2, 0) is 16.0 Å². The highest BCUT2D eigenvalue weighted by molar-refractivity contribution is 5.78. The molecule has 0 heterocycles. The van der Waals surface area contributed by atoms with Gasteiger partial charge in [-0.3, -0.25) is 9.80 Å². The number of carbonyl (C=O) groups excluding carboxylic acids is 1. The molecule has 1 aromatic rings. The van der Waals surface area contributed by atoms with E-state index in [1.54, 1.807) is 12.1 Å². The third-order valence-corrected chi connectivity index (χ3v) is 4.56. The predicted octanol–water partition coefficient (Wildman–Crippen LogP) is 3.02. The van der Waals surface area contributed by atoms with Crippen LogP contribution in [0.3, 0.4) is 0 Å². The van der Waals surface area contributed by atoms with E-state index < -0.39 is 0 Å². The van der Waals surface area contributed by atoms with Crippen molar-refractivity contribution >= 4 is 5.91 Å². The first-order chi connectivity index (χ1) is 11.0. The quantitative estimate of drug-likeness (QED) is 0.755. The summed E-state index contributed by atoms with van der Waals surface area (Å²) in [7, 11) is 5.30. The molecule has 1 amide bonds. The van der Waals surface area contributed by atoms with Gasteiger partial charge in [-0.1, -0.05) is 31.4 Å². The van der Waals surface area contributed by atoms with E-state index in [1.807, 2.05) is 30.2 Å². The minimum Gasteiger partial charge on any atom is -0.375 e. The Morgan fingerprint density at radius 3 is 2.52 bits per heavy atom. The van der Waals surface area contributed by atoms with Crippen LogP contribution in [0, 0.1) is 5.82 Å². The fourth-order valence-corrected chi connectivity index (χ4v) is 3.80. The van der Waals surface area contributed by atoms with Gasteiger partial charge in [0.2, 0.25) is 0 Å². The van der Waals surface area contributed by atoms with E-state index in [9.17, 15) is 9.18 Å². The lowest BCUT2D eigenvalue weighted by Gasteiger charge is -2.49. The van der Waals surface area contributed by atoms with Gasteiger partial charge in [-0.05, 0) is 37.0 Å². The van der Waals surface area contributed by atoms with E-state index in [0.717, 1.165) is 31.2 Å². The highest BCUT2D eigenvalue weighted by atomic mass is 19.1. The van der Waals surface area contributed by atoms with Crippen molar-refractivity contribution in [3.63, 3.8) is 0 Å². The maximum absolute atomic E-state index is 13.6. The summed E-state index contributed by atoms with van der Waals surface area (Å²) in [6.07, 6.45) is 5.87. The van der Waals surface area contributed by atoms with E-state index in [0.29, 0.717) is 6.42 Å². The second-order valence-corrected chi connectivity index (χ2v) is 6.58. The number of hydrazine groups is 1. The summed E-state index contributed by atoms with van der Waals surface area (Å²) >= 11 is 0. The molecule has 1 saturated carbocycles. The molecular weight excluding hydrogens is 295 g/mol. The molecule has 0 saturated heterocycles. The van der Waals surface area contributed by atoms with E-state index in [-0.39, 0.29) is 23.9 Å². The van der Waals surface area contributed by atoms with Crippen LogP contribution in [0.4, 0.5) is 4.39 Å². The molecule has 0 atom stereocenters. The summed E-state index contributed by atoms with van der Waals surface area (Å²) in [6, 6.07) is 6.70. The van der Waals surface area contributed by atoms with Gasteiger partial charge >= 0.3 is 0 Å². The maximum atomic E-state index is 13.6. The van der Waals surface area contributed by atoms with Crippen LogP contribution in [0.2, 0.25) is 0 Å². The number of ether oxygens (including phenoxy) is 1. The topological polar surface area (TPSA) is 32.8 Å². The van der Waals surface area contributed by atoms with Crippen molar-refractivity contribution in [2.75, 3.05) is 27.8 Å². The average Bonchev–Trinajstić information content (AvgIpc) is 2.48. The van der Waals surface area contributed by atoms with Crippen molar-refractivity contribution in [3.05, 3.63) is 35.6 Å². The van der Waals surface area contributed by atoms with Crippen LogP contribution in [-0.4, -0.2) is 49.3 Å². The van der Waals surface area contributed by atoms with Crippen LogP contribution in [0.15, 0.2) is 24.3 Å². The van der Waals surface area contributed by atoms with Gasteiger partial charge in [-0.15, -0.1) is 0 Å². The van der Waals surface area contributed by atoms with Crippen LogP contribution in [0.25, 0.3) is 0 Å². The molecule has 0 radical (unpaired) electrons. The van der Waals surface area contributed by atoms with Crippen molar-refractivity contribution in [3.8, 4) is 0 Å². The number of methoxy groups -OCH3 is 1. The zero-order valence-electron chi connectivity index (χ0n) is 14.3. The van der Waals surface area contributed by atoms with Crippen LogP contribution >= 0.6 is 0 Å². The zero-order valence-corrected chi connectivity index (χ0v) is 14.3.